The zero-order chi connectivity index (χ0) is 20.3. The number of anilines is 1. The van der Waals surface area contributed by atoms with Crippen molar-refractivity contribution in [2.24, 2.45) is 0 Å². The molecule has 2 aromatic heterocycles. The highest BCUT2D eigenvalue weighted by Crippen LogP contribution is 2.21. The fourth-order valence-electron chi connectivity index (χ4n) is 3.35. The van der Waals surface area contributed by atoms with Crippen LogP contribution in [0.5, 0.6) is 5.75 Å². The number of carbonyl (C=O) groups is 1. The number of aromatic nitrogens is 4. The lowest BCUT2D eigenvalue weighted by molar-refractivity contribution is -0.121. The van der Waals surface area contributed by atoms with Crippen LogP contribution >= 0.6 is 0 Å². The van der Waals surface area contributed by atoms with Gasteiger partial charge in [0.15, 0.2) is 0 Å². The van der Waals surface area contributed by atoms with Gasteiger partial charge in [-0.2, -0.15) is 9.50 Å². The van der Waals surface area contributed by atoms with Crippen molar-refractivity contribution < 1.29 is 9.53 Å². The number of hydrogen-bond acceptors (Lipinski definition) is 6. The largest absolute Gasteiger partial charge is 0.497 e. The van der Waals surface area contributed by atoms with Crippen molar-refractivity contribution in [3.05, 3.63) is 46.8 Å². The predicted molar refractivity (Wildman–Crippen MR) is 107 cm³/mol. The third kappa shape index (κ3) is 4.05. The van der Waals surface area contributed by atoms with Crippen LogP contribution in [0.15, 0.2) is 24.3 Å². The van der Waals surface area contributed by atoms with Gasteiger partial charge in [-0.1, -0.05) is 19.1 Å². The molecule has 1 amide bonds. The molecule has 0 aliphatic rings. The molecule has 0 saturated carbocycles. The summed E-state index contributed by atoms with van der Waals surface area (Å²) in [6, 6.07) is 7.74. The number of rotatable bonds is 7. The molecule has 8 heteroatoms. The Morgan fingerprint density at radius 3 is 2.61 bits per heavy atom. The number of aryl methyl sites for hydroxylation is 2. The van der Waals surface area contributed by atoms with E-state index in [0.717, 1.165) is 34.7 Å². The standard InChI is InChI=1S/C20H26N6O2/c1-5-17(14-6-8-15(28-4)9-7-14)23-18(27)11-10-16-12(2)22-20-24-19(21)25-26(20)13(16)3/h6-9,17H,5,10-11H2,1-4H3,(H2,21,25)(H,23,27). The van der Waals surface area contributed by atoms with Gasteiger partial charge in [0.2, 0.25) is 11.9 Å². The number of carbonyl (C=O) groups excluding carboxylic acids is 1. The van der Waals surface area contributed by atoms with E-state index in [9.17, 15) is 4.79 Å². The second-order valence-corrected chi connectivity index (χ2v) is 6.74. The van der Waals surface area contributed by atoms with Crippen LogP contribution in [-0.2, 0) is 11.2 Å². The van der Waals surface area contributed by atoms with E-state index in [2.05, 4.69) is 27.3 Å². The Morgan fingerprint density at radius 2 is 1.96 bits per heavy atom. The number of amides is 1. The second kappa shape index (κ2) is 8.24. The van der Waals surface area contributed by atoms with Gasteiger partial charge < -0.3 is 15.8 Å². The third-order valence-corrected chi connectivity index (χ3v) is 4.93. The van der Waals surface area contributed by atoms with Gasteiger partial charge in [-0.3, -0.25) is 4.79 Å². The van der Waals surface area contributed by atoms with Gasteiger partial charge in [0.25, 0.3) is 5.78 Å². The maximum atomic E-state index is 12.6. The monoisotopic (exact) mass is 382 g/mol. The highest BCUT2D eigenvalue weighted by molar-refractivity contribution is 5.76. The molecule has 1 aromatic carbocycles. The second-order valence-electron chi connectivity index (χ2n) is 6.74. The molecule has 0 radical (unpaired) electrons. The number of fused-ring (bicyclic) bond motifs is 1. The lowest BCUT2D eigenvalue weighted by atomic mass is 10.0. The minimum Gasteiger partial charge on any atom is -0.497 e. The Labute approximate surface area is 164 Å². The molecule has 0 aliphatic heterocycles. The Balaban J connectivity index is 1.68. The van der Waals surface area contributed by atoms with Crippen molar-refractivity contribution in [3.8, 4) is 5.75 Å². The molecule has 0 fully saturated rings. The van der Waals surface area contributed by atoms with Crippen LogP contribution in [0, 0.1) is 13.8 Å². The maximum Gasteiger partial charge on any atom is 0.254 e. The van der Waals surface area contributed by atoms with Crippen molar-refractivity contribution in [1.29, 1.82) is 0 Å². The zero-order valence-electron chi connectivity index (χ0n) is 16.7. The van der Waals surface area contributed by atoms with Crippen LogP contribution < -0.4 is 15.8 Å². The van der Waals surface area contributed by atoms with Gasteiger partial charge in [0, 0.05) is 17.8 Å². The first-order valence-corrected chi connectivity index (χ1v) is 9.34. The van der Waals surface area contributed by atoms with Gasteiger partial charge in [0.05, 0.1) is 13.2 Å². The Hall–Kier alpha value is -3.16. The minimum atomic E-state index is -0.0312. The van der Waals surface area contributed by atoms with E-state index in [1.54, 1.807) is 11.6 Å². The molecule has 0 aliphatic carbocycles. The van der Waals surface area contributed by atoms with Crippen LogP contribution in [0.2, 0.25) is 0 Å². The zero-order valence-corrected chi connectivity index (χ0v) is 16.7. The van der Waals surface area contributed by atoms with Gasteiger partial charge in [-0.05, 0) is 49.9 Å². The molecule has 1 unspecified atom stereocenters. The smallest absolute Gasteiger partial charge is 0.254 e. The number of nitrogens with two attached hydrogens (primary N) is 1. The van der Waals surface area contributed by atoms with E-state index in [0.29, 0.717) is 18.6 Å². The molecule has 8 nitrogen and oxygen atoms in total. The molecule has 3 aromatic rings. The van der Waals surface area contributed by atoms with Gasteiger partial charge in [-0.15, -0.1) is 5.10 Å². The summed E-state index contributed by atoms with van der Waals surface area (Å²) < 4.78 is 6.82. The number of ether oxygens (including phenoxy) is 1. The van der Waals surface area contributed by atoms with Crippen molar-refractivity contribution in [2.75, 3.05) is 12.8 Å². The molecule has 0 bridgehead atoms. The van der Waals surface area contributed by atoms with Crippen LogP contribution in [0.25, 0.3) is 5.78 Å². The maximum absolute atomic E-state index is 12.6. The average Bonchev–Trinajstić information content (AvgIpc) is 3.06. The number of nitrogens with zero attached hydrogens (tertiary/aromatic N) is 4. The van der Waals surface area contributed by atoms with E-state index < -0.39 is 0 Å². The summed E-state index contributed by atoms with van der Waals surface area (Å²) in [7, 11) is 1.64. The summed E-state index contributed by atoms with van der Waals surface area (Å²) in [5, 5.41) is 7.28. The summed E-state index contributed by atoms with van der Waals surface area (Å²) in [5.41, 5.74) is 9.47. The SMILES string of the molecule is CCC(NC(=O)CCc1c(C)nc2nc(N)nn2c1C)c1ccc(OC)cc1. The van der Waals surface area contributed by atoms with Crippen molar-refractivity contribution in [2.45, 2.75) is 46.1 Å². The topological polar surface area (TPSA) is 107 Å². The van der Waals surface area contributed by atoms with Crippen molar-refractivity contribution in [1.82, 2.24) is 24.9 Å². The van der Waals surface area contributed by atoms with Gasteiger partial charge in [-0.25, -0.2) is 4.98 Å². The number of methoxy groups -OCH3 is 1. The van der Waals surface area contributed by atoms with E-state index in [1.165, 1.54) is 0 Å². The fraction of sp³-hybridized carbons (Fsp3) is 0.400. The lowest BCUT2D eigenvalue weighted by Gasteiger charge is -2.18. The molecular weight excluding hydrogens is 356 g/mol. The summed E-state index contributed by atoms with van der Waals surface area (Å²) in [6.07, 6.45) is 1.75. The first kappa shape index (κ1) is 19.6. The Bertz CT molecular complexity index is 981. The molecular formula is C20H26N6O2. The molecule has 3 N–H and O–H groups in total. The minimum absolute atomic E-state index is 0.000306. The molecule has 0 spiro atoms. The Morgan fingerprint density at radius 1 is 1.25 bits per heavy atom. The van der Waals surface area contributed by atoms with Crippen LogP contribution in [0.3, 0.4) is 0 Å². The normalized spacial score (nSPS) is 12.1. The molecule has 2 heterocycles. The number of benzene rings is 1. The molecule has 148 valence electrons. The first-order valence-electron chi connectivity index (χ1n) is 9.34. The van der Waals surface area contributed by atoms with Crippen LogP contribution in [0.4, 0.5) is 5.95 Å². The average molecular weight is 382 g/mol. The quantitative estimate of drug-likeness (QED) is 0.650. The van der Waals surface area contributed by atoms with E-state index >= 15 is 0 Å². The Kier molecular flexibility index (Phi) is 5.77. The summed E-state index contributed by atoms with van der Waals surface area (Å²) in [6.45, 7) is 5.91. The summed E-state index contributed by atoms with van der Waals surface area (Å²) >= 11 is 0. The van der Waals surface area contributed by atoms with E-state index in [4.69, 9.17) is 10.5 Å². The van der Waals surface area contributed by atoms with Crippen LogP contribution in [-0.4, -0.2) is 32.6 Å². The summed E-state index contributed by atoms with van der Waals surface area (Å²) in [4.78, 5) is 21.1. The number of nitrogen functional groups attached to an aromatic ring is 1. The number of hydrogen-bond donors (Lipinski definition) is 2. The van der Waals surface area contributed by atoms with Gasteiger partial charge >= 0.3 is 0 Å². The molecule has 28 heavy (non-hydrogen) atoms. The summed E-state index contributed by atoms with van der Waals surface area (Å²) in [5.74, 6) is 1.47. The van der Waals surface area contributed by atoms with E-state index in [-0.39, 0.29) is 17.9 Å². The number of nitrogens with one attached hydrogen (secondary N) is 1. The fourth-order valence-corrected chi connectivity index (χ4v) is 3.35. The first-order chi connectivity index (χ1) is 13.4. The highest BCUT2D eigenvalue weighted by atomic mass is 16.5. The predicted octanol–water partition coefficient (Wildman–Crippen LogP) is 2.53. The molecule has 1 atom stereocenters. The highest BCUT2D eigenvalue weighted by Gasteiger charge is 2.16. The van der Waals surface area contributed by atoms with Crippen LogP contribution in [0.1, 0.15) is 48.3 Å². The van der Waals surface area contributed by atoms with Crippen molar-refractivity contribution in [3.63, 3.8) is 0 Å². The van der Waals surface area contributed by atoms with Crippen molar-refractivity contribution >= 4 is 17.6 Å². The van der Waals surface area contributed by atoms with E-state index in [1.807, 2.05) is 38.1 Å². The van der Waals surface area contributed by atoms with Gasteiger partial charge in [0.1, 0.15) is 5.75 Å². The molecule has 3 rings (SSSR count). The lowest BCUT2D eigenvalue weighted by Crippen LogP contribution is -2.28. The third-order valence-electron chi connectivity index (χ3n) is 4.93. The molecule has 0 saturated heterocycles.